The van der Waals surface area contributed by atoms with E-state index in [1.54, 1.807) is 6.92 Å². The molecule has 0 bridgehead atoms. The number of benzene rings is 1. The second-order valence-corrected chi connectivity index (χ2v) is 8.92. The summed E-state index contributed by atoms with van der Waals surface area (Å²) in [6.45, 7) is 5.71. The third-order valence-electron chi connectivity index (χ3n) is 6.81. The molecule has 7 heteroatoms. The van der Waals surface area contributed by atoms with E-state index in [0.29, 0.717) is 24.8 Å². The summed E-state index contributed by atoms with van der Waals surface area (Å²) < 4.78 is 1.90. The SMILES string of the molecule is CCn1cc(-c2cc3cccc(/C(N)=C4\CN(C(C)=O)CCC4=NC4CCC4)c3cn2)cn1. The number of nitrogens with zero attached hydrogens (tertiary/aromatic N) is 5. The molecule has 0 radical (unpaired) electrons. The number of rotatable bonds is 4. The minimum atomic E-state index is 0.0693. The minimum absolute atomic E-state index is 0.0693. The zero-order valence-electron chi connectivity index (χ0n) is 19.3. The van der Waals surface area contributed by atoms with Gasteiger partial charge < -0.3 is 10.6 Å². The monoisotopic (exact) mass is 442 g/mol. The fourth-order valence-corrected chi connectivity index (χ4v) is 4.54. The quantitative estimate of drug-likeness (QED) is 0.660. The maximum atomic E-state index is 12.1. The van der Waals surface area contributed by atoms with Crippen LogP contribution in [0.15, 0.2) is 53.4 Å². The molecule has 2 aromatic heterocycles. The van der Waals surface area contributed by atoms with Gasteiger partial charge >= 0.3 is 0 Å². The summed E-state index contributed by atoms with van der Waals surface area (Å²) in [5, 5.41) is 6.44. The van der Waals surface area contributed by atoms with Gasteiger partial charge in [-0.3, -0.25) is 19.5 Å². The number of aliphatic imine (C=N–C) groups is 1. The number of aromatic nitrogens is 3. The topological polar surface area (TPSA) is 89.4 Å². The maximum Gasteiger partial charge on any atom is 0.219 e. The summed E-state index contributed by atoms with van der Waals surface area (Å²) in [5.41, 5.74) is 12.4. The van der Waals surface area contributed by atoms with Gasteiger partial charge in [-0.05, 0) is 37.6 Å². The minimum Gasteiger partial charge on any atom is -0.398 e. The molecule has 1 amide bonds. The third-order valence-corrected chi connectivity index (χ3v) is 6.81. The highest BCUT2D eigenvalue weighted by atomic mass is 16.2. The van der Waals surface area contributed by atoms with Gasteiger partial charge in [-0.15, -0.1) is 0 Å². The summed E-state index contributed by atoms with van der Waals surface area (Å²) in [6.07, 6.45) is 10.0. The van der Waals surface area contributed by atoms with Crippen molar-refractivity contribution in [2.24, 2.45) is 10.7 Å². The van der Waals surface area contributed by atoms with Crippen molar-refractivity contribution in [1.82, 2.24) is 19.7 Å². The second kappa shape index (κ2) is 8.81. The van der Waals surface area contributed by atoms with Gasteiger partial charge in [-0.2, -0.15) is 5.10 Å². The van der Waals surface area contributed by atoms with Crippen molar-refractivity contribution in [2.45, 2.75) is 52.1 Å². The van der Waals surface area contributed by atoms with Crippen molar-refractivity contribution in [3.8, 4) is 11.3 Å². The fraction of sp³-hybridized carbons (Fsp3) is 0.385. The first-order chi connectivity index (χ1) is 16.0. The fourth-order valence-electron chi connectivity index (χ4n) is 4.54. The lowest BCUT2D eigenvalue weighted by Gasteiger charge is -2.32. The second-order valence-electron chi connectivity index (χ2n) is 8.92. The summed E-state index contributed by atoms with van der Waals surface area (Å²) in [4.78, 5) is 23.7. The number of aryl methyl sites for hydroxylation is 1. The molecule has 2 aliphatic rings. The van der Waals surface area contributed by atoms with Gasteiger partial charge in [-0.25, -0.2) is 0 Å². The third kappa shape index (κ3) is 4.15. The molecular formula is C26H30N6O. The Kier molecular flexibility index (Phi) is 5.70. The van der Waals surface area contributed by atoms with Gasteiger partial charge in [0.25, 0.3) is 0 Å². The molecule has 3 heterocycles. The number of amides is 1. The molecule has 1 aliphatic carbocycles. The van der Waals surface area contributed by atoms with Gasteiger partial charge in [0.05, 0.1) is 17.9 Å². The van der Waals surface area contributed by atoms with Crippen molar-refractivity contribution in [3.05, 3.63) is 54.0 Å². The number of piperidine rings is 1. The Morgan fingerprint density at radius 2 is 2.12 bits per heavy atom. The van der Waals surface area contributed by atoms with Crippen LogP contribution in [0.5, 0.6) is 0 Å². The Morgan fingerprint density at radius 3 is 2.82 bits per heavy atom. The Balaban J connectivity index is 1.57. The predicted molar refractivity (Wildman–Crippen MR) is 132 cm³/mol. The predicted octanol–water partition coefficient (Wildman–Crippen LogP) is 4.03. The van der Waals surface area contributed by atoms with E-state index >= 15 is 0 Å². The van der Waals surface area contributed by atoms with Gasteiger partial charge in [0.15, 0.2) is 0 Å². The lowest BCUT2D eigenvalue weighted by molar-refractivity contribution is -0.128. The average molecular weight is 443 g/mol. The van der Waals surface area contributed by atoms with E-state index in [1.165, 1.54) is 6.42 Å². The first kappa shape index (κ1) is 21.4. The van der Waals surface area contributed by atoms with Crippen molar-refractivity contribution in [3.63, 3.8) is 0 Å². The van der Waals surface area contributed by atoms with Crippen LogP contribution in [0, 0.1) is 0 Å². The van der Waals surface area contributed by atoms with Crippen LogP contribution in [0.4, 0.5) is 0 Å². The number of likely N-dealkylation sites (tertiary alicyclic amines) is 1. The molecule has 3 aromatic rings. The number of carbonyl (C=O) groups excluding carboxylic acids is 1. The molecule has 7 nitrogen and oxygen atoms in total. The van der Waals surface area contributed by atoms with Crippen LogP contribution in [0.25, 0.3) is 27.7 Å². The molecular weight excluding hydrogens is 412 g/mol. The summed E-state index contributed by atoms with van der Waals surface area (Å²) in [6, 6.07) is 8.62. The number of hydrogen-bond donors (Lipinski definition) is 1. The molecule has 0 spiro atoms. The van der Waals surface area contributed by atoms with E-state index in [1.807, 2.05) is 40.3 Å². The van der Waals surface area contributed by atoms with E-state index in [-0.39, 0.29) is 5.91 Å². The van der Waals surface area contributed by atoms with E-state index in [4.69, 9.17) is 15.7 Å². The molecule has 170 valence electrons. The maximum absolute atomic E-state index is 12.1. The molecule has 2 fully saturated rings. The number of nitrogens with two attached hydrogens (primary N) is 1. The molecule has 1 aromatic carbocycles. The zero-order valence-corrected chi connectivity index (χ0v) is 19.3. The molecule has 0 atom stereocenters. The van der Waals surface area contributed by atoms with Crippen molar-refractivity contribution < 1.29 is 4.79 Å². The molecule has 1 aliphatic heterocycles. The highest BCUT2D eigenvalue weighted by Crippen LogP contribution is 2.31. The van der Waals surface area contributed by atoms with E-state index < -0.39 is 0 Å². The Bertz CT molecular complexity index is 1270. The molecule has 33 heavy (non-hydrogen) atoms. The standard InChI is InChI=1S/C26H30N6O/c1-3-32-15-19(13-29-32)25-12-18-6-4-9-21(22(18)14-28-25)26(27)23-16-31(17(2)33)11-10-24(23)30-20-7-5-8-20/h4,6,9,12-15,20H,3,5,7-8,10-11,16,27H2,1-2H3/b26-23-,30-24?. The number of carbonyl (C=O) groups is 1. The molecule has 5 rings (SSSR count). The lowest BCUT2D eigenvalue weighted by Crippen LogP contribution is -2.40. The smallest absolute Gasteiger partial charge is 0.219 e. The van der Waals surface area contributed by atoms with Crippen LogP contribution in [0.2, 0.25) is 0 Å². The van der Waals surface area contributed by atoms with E-state index in [2.05, 4.69) is 24.2 Å². The van der Waals surface area contributed by atoms with Crippen LogP contribution in [-0.4, -0.2) is 50.4 Å². The summed E-state index contributed by atoms with van der Waals surface area (Å²) >= 11 is 0. The highest BCUT2D eigenvalue weighted by molar-refractivity contribution is 6.10. The first-order valence-corrected chi connectivity index (χ1v) is 11.8. The number of fused-ring (bicyclic) bond motifs is 1. The van der Waals surface area contributed by atoms with Crippen LogP contribution >= 0.6 is 0 Å². The first-order valence-electron chi connectivity index (χ1n) is 11.8. The van der Waals surface area contributed by atoms with E-state index in [0.717, 1.165) is 64.7 Å². The van der Waals surface area contributed by atoms with Crippen molar-refractivity contribution in [2.75, 3.05) is 13.1 Å². The number of hydrogen-bond acceptors (Lipinski definition) is 5. The Hall–Kier alpha value is -3.48. The van der Waals surface area contributed by atoms with Gasteiger partial charge in [-0.1, -0.05) is 18.2 Å². The van der Waals surface area contributed by atoms with Gasteiger partial charge in [0.1, 0.15) is 0 Å². The van der Waals surface area contributed by atoms with E-state index in [9.17, 15) is 4.79 Å². The molecule has 2 N–H and O–H groups in total. The van der Waals surface area contributed by atoms with Crippen LogP contribution < -0.4 is 5.73 Å². The van der Waals surface area contributed by atoms with Gasteiger partial charge in [0.2, 0.25) is 5.91 Å². The largest absolute Gasteiger partial charge is 0.398 e. The average Bonchev–Trinajstić information content (AvgIpc) is 3.29. The van der Waals surface area contributed by atoms with Crippen LogP contribution in [0.3, 0.4) is 0 Å². The highest BCUT2D eigenvalue weighted by Gasteiger charge is 2.27. The van der Waals surface area contributed by atoms with Crippen LogP contribution in [0.1, 0.15) is 45.1 Å². The summed E-state index contributed by atoms with van der Waals surface area (Å²) in [7, 11) is 0. The molecule has 1 saturated carbocycles. The normalized spacial score (nSPS) is 19.7. The molecule has 0 unspecified atom stereocenters. The Labute approximate surface area is 194 Å². The Morgan fingerprint density at radius 1 is 1.27 bits per heavy atom. The summed E-state index contributed by atoms with van der Waals surface area (Å²) in [5.74, 6) is 0.0693. The number of pyridine rings is 1. The molecule has 1 saturated heterocycles. The van der Waals surface area contributed by atoms with Gasteiger partial charge in [0, 0.05) is 78.9 Å². The van der Waals surface area contributed by atoms with Crippen molar-refractivity contribution in [1.29, 1.82) is 0 Å². The zero-order chi connectivity index (χ0) is 22.9. The lowest BCUT2D eigenvalue weighted by atomic mass is 9.91. The van der Waals surface area contributed by atoms with Crippen molar-refractivity contribution >= 4 is 28.1 Å². The van der Waals surface area contributed by atoms with Crippen LogP contribution in [-0.2, 0) is 11.3 Å².